The third kappa shape index (κ3) is 3.41. The Morgan fingerprint density at radius 2 is 2.11 bits per heavy atom. The van der Waals surface area contributed by atoms with E-state index in [0.29, 0.717) is 9.77 Å². The molecule has 0 fully saturated rings. The molecule has 19 heavy (non-hydrogen) atoms. The smallest absolute Gasteiger partial charge is 0.206 e. The summed E-state index contributed by atoms with van der Waals surface area (Å²) in [7, 11) is -3.47. The first kappa shape index (κ1) is 13.7. The minimum Gasteiger partial charge on any atom is -0.206 e. The molecular formula is C13H12N2O2S2. The van der Waals surface area contributed by atoms with Gasteiger partial charge >= 0.3 is 0 Å². The molecule has 0 aliphatic heterocycles. The van der Waals surface area contributed by atoms with Crippen molar-refractivity contribution in [2.45, 2.75) is 17.7 Å². The second kappa shape index (κ2) is 5.53. The Morgan fingerprint density at radius 1 is 1.32 bits per heavy atom. The largest absolute Gasteiger partial charge is 0.250 e. The number of nitriles is 1. The molecular weight excluding hydrogens is 280 g/mol. The highest BCUT2D eigenvalue weighted by Gasteiger charge is 2.15. The summed E-state index contributed by atoms with van der Waals surface area (Å²) in [6, 6.07) is 12.3. The summed E-state index contributed by atoms with van der Waals surface area (Å²) in [5, 5.41) is 8.78. The highest BCUT2D eigenvalue weighted by molar-refractivity contribution is 7.91. The molecule has 0 aliphatic rings. The maximum atomic E-state index is 12.0. The lowest BCUT2D eigenvalue weighted by Gasteiger charge is -2.05. The topological polar surface area (TPSA) is 70.0 Å². The monoisotopic (exact) mass is 292 g/mol. The summed E-state index contributed by atoms with van der Waals surface area (Å²) in [6.07, 6.45) is 0. The van der Waals surface area contributed by atoms with E-state index in [-0.39, 0.29) is 6.54 Å². The van der Waals surface area contributed by atoms with Gasteiger partial charge in [0.1, 0.15) is 4.21 Å². The predicted octanol–water partition coefficient (Wildman–Crippen LogP) is 2.41. The maximum Gasteiger partial charge on any atom is 0.250 e. The van der Waals surface area contributed by atoms with Crippen molar-refractivity contribution in [3.8, 4) is 6.07 Å². The van der Waals surface area contributed by atoms with Gasteiger partial charge in [0.25, 0.3) is 0 Å². The minimum atomic E-state index is -3.47. The van der Waals surface area contributed by atoms with E-state index in [0.717, 1.165) is 10.4 Å². The molecule has 2 aromatic rings. The van der Waals surface area contributed by atoms with Gasteiger partial charge in [0.2, 0.25) is 10.0 Å². The number of thiophene rings is 1. The lowest BCUT2D eigenvalue weighted by atomic mass is 10.1. The zero-order valence-electron chi connectivity index (χ0n) is 10.3. The zero-order valence-corrected chi connectivity index (χ0v) is 11.9. The van der Waals surface area contributed by atoms with Crippen molar-refractivity contribution in [3.63, 3.8) is 0 Å². The molecule has 0 saturated heterocycles. The van der Waals surface area contributed by atoms with Crippen LogP contribution >= 0.6 is 11.3 Å². The minimum absolute atomic E-state index is 0.175. The summed E-state index contributed by atoms with van der Waals surface area (Å²) >= 11 is 1.23. The summed E-state index contributed by atoms with van der Waals surface area (Å²) in [5.41, 5.74) is 1.28. The molecule has 0 spiro atoms. The van der Waals surface area contributed by atoms with Crippen molar-refractivity contribution in [2.24, 2.45) is 0 Å². The highest BCUT2D eigenvalue weighted by Crippen LogP contribution is 2.20. The average molecular weight is 292 g/mol. The summed E-state index contributed by atoms with van der Waals surface area (Å²) < 4.78 is 26.9. The van der Waals surface area contributed by atoms with Crippen LogP contribution in [-0.4, -0.2) is 8.42 Å². The highest BCUT2D eigenvalue weighted by atomic mass is 32.2. The van der Waals surface area contributed by atoms with Crippen molar-refractivity contribution < 1.29 is 8.42 Å². The number of sulfonamides is 1. The molecule has 0 bridgehead atoms. The molecule has 6 heteroatoms. The van der Waals surface area contributed by atoms with Gasteiger partial charge in [0.05, 0.1) is 11.6 Å². The predicted molar refractivity (Wildman–Crippen MR) is 74.2 cm³/mol. The quantitative estimate of drug-likeness (QED) is 0.940. The number of nitrogens with one attached hydrogen (secondary N) is 1. The van der Waals surface area contributed by atoms with Crippen molar-refractivity contribution in [1.29, 1.82) is 5.26 Å². The third-order valence-electron chi connectivity index (χ3n) is 2.50. The van der Waals surface area contributed by atoms with Gasteiger partial charge in [-0.2, -0.15) is 5.26 Å². The summed E-state index contributed by atoms with van der Waals surface area (Å²) in [6.45, 7) is 2.04. The van der Waals surface area contributed by atoms with Crippen LogP contribution in [0.1, 0.15) is 16.0 Å². The molecule has 0 unspecified atom stereocenters. The maximum absolute atomic E-state index is 12.0. The van der Waals surface area contributed by atoms with Crippen LogP contribution in [0.2, 0.25) is 0 Å². The third-order valence-corrected chi connectivity index (χ3v) is 5.40. The van der Waals surface area contributed by atoms with Gasteiger partial charge in [0, 0.05) is 11.4 Å². The number of hydrogen-bond donors (Lipinski definition) is 1. The van der Waals surface area contributed by atoms with Crippen molar-refractivity contribution in [1.82, 2.24) is 4.72 Å². The Kier molecular flexibility index (Phi) is 4.00. The number of hydrogen-bond acceptors (Lipinski definition) is 4. The number of nitrogens with zero attached hydrogens (tertiary/aromatic N) is 1. The number of aryl methyl sites for hydroxylation is 1. The van der Waals surface area contributed by atoms with Crippen LogP contribution in [0.4, 0.5) is 0 Å². The van der Waals surface area contributed by atoms with Gasteiger partial charge in [-0.05, 0) is 36.8 Å². The molecule has 0 amide bonds. The van der Waals surface area contributed by atoms with Crippen LogP contribution in [0.15, 0.2) is 40.6 Å². The number of benzene rings is 1. The van der Waals surface area contributed by atoms with Crippen molar-refractivity contribution in [3.05, 3.63) is 52.4 Å². The normalized spacial score (nSPS) is 11.2. The lowest BCUT2D eigenvalue weighted by Crippen LogP contribution is -2.22. The van der Waals surface area contributed by atoms with Gasteiger partial charge in [-0.25, -0.2) is 13.1 Å². The molecule has 4 nitrogen and oxygen atoms in total. The van der Waals surface area contributed by atoms with Crippen LogP contribution in [0.5, 0.6) is 0 Å². The van der Waals surface area contributed by atoms with Gasteiger partial charge in [0.15, 0.2) is 0 Å². The Balaban J connectivity index is 2.12. The molecule has 0 radical (unpaired) electrons. The molecule has 98 valence electrons. The molecule has 0 atom stereocenters. The van der Waals surface area contributed by atoms with Gasteiger partial charge in [-0.3, -0.25) is 0 Å². The molecule has 0 aliphatic carbocycles. The van der Waals surface area contributed by atoms with E-state index in [1.165, 1.54) is 11.3 Å². The first-order valence-electron chi connectivity index (χ1n) is 5.56. The zero-order chi connectivity index (χ0) is 13.9. The Hall–Kier alpha value is -1.68. The standard InChI is InChI=1S/C13H12N2O2S2/c1-10-5-6-13(18-10)19(16,17)15-9-12-4-2-3-11(7-12)8-14/h2-7,15H,9H2,1H3. The molecule has 0 saturated carbocycles. The Bertz CT molecular complexity index is 727. The van der Waals surface area contributed by atoms with Crippen LogP contribution in [0.25, 0.3) is 0 Å². The molecule has 1 N–H and O–H groups in total. The van der Waals surface area contributed by atoms with E-state index < -0.39 is 10.0 Å². The van der Waals surface area contributed by atoms with Crippen LogP contribution < -0.4 is 4.72 Å². The average Bonchev–Trinajstić information content (AvgIpc) is 2.84. The van der Waals surface area contributed by atoms with E-state index in [9.17, 15) is 8.42 Å². The molecule has 2 rings (SSSR count). The van der Waals surface area contributed by atoms with Crippen LogP contribution in [0, 0.1) is 18.3 Å². The van der Waals surface area contributed by atoms with E-state index in [1.54, 1.807) is 36.4 Å². The first-order valence-corrected chi connectivity index (χ1v) is 7.86. The van der Waals surface area contributed by atoms with E-state index in [1.807, 2.05) is 13.0 Å². The first-order chi connectivity index (χ1) is 9.01. The second-order valence-corrected chi connectivity index (χ2v) is 7.28. The molecule has 1 aromatic carbocycles. The Morgan fingerprint density at radius 3 is 2.74 bits per heavy atom. The Labute approximate surface area is 116 Å². The summed E-state index contributed by atoms with van der Waals surface area (Å²) in [5.74, 6) is 0. The van der Waals surface area contributed by atoms with Crippen molar-refractivity contribution >= 4 is 21.4 Å². The van der Waals surface area contributed by atoms with Crippen LogP contribution in [0.3, 0.4) is 0 Å². The molecule has 1 aromatic heterocycles. The van der Waals surface area contributed by atoms with E-state index >= 15 is 0 Å². The number of rotatable bonds is 4. The fraction of sp³-hybridized carbons (Fsp3) is 0.154. The second-order valence-electron chi connectivity index (χ2n) is 4.00. The molecule has 1 heterocycles. The lowest BCUT2D eigenvalue weighted by molar-refractivity contribution is 0.583. The van der Waals surface area contributed by atoms with Gasteiger partial charge in [-0.1, -0.05) is 12.1 Å². The van der Waals surface area contributed by atoms with E-state index in [4.69, 9.17) is 5.26 Å². The summed E-state index contributed by atoms with van der Waals surface area (Å²) in [4.78, 5) is 0.951. The van der Waals surface area contributed by atoms with Gasteiger partial charge < -0.3 is 0 Å². The fourth-order valence-corrected chi connectivity index (χ4v) is 3.90. The van der Waals surface area contributed by atoms with Crippen LogP contribution in [-0.2, 0) is 16.6 Å². The van der Waals surface area contributed by atoms with E-state index in [2.05, 4.69) is 4.72 Å². The SMILES string of the molecule is Cc1ccc(S(=O)(=O)NCc2cccc(C#N)c2)s1. The van der Waals surface area contributed by atoms with Gasteiger partial charge in [-0.15, -0.1) is 11.3 Å². The van der Waals surface area contributed by atoms with Crippen molar-refractivity contribution in [2.75, 3.05) is 0 Å². The fourth-order valence-electron chi connectivity index (χ4n) is 1.56.